The number of carbonyl (C=O) groups is 1. The molecule has 0 aliphatic carbocycles. The summed E-state index contributed by atoms with van der Waals surface area (Å²) in [6.45, 7) is 4.23. The molecule has 0 spiro atoms. The van der Waals surface area contributed by atoms with Crippen LogP contribution in [-0.4, -0.2) is 41.3 Å². The van der Waals surface area contributed by atoms with Gasteiger partial charge < -0.3 is 14.5 Å². The van der Waals surface area contributed by atoms with Gasteiger partial charge in [0.05, 0.1) is 11.1 Å². The van der Waals surface area contributed by atoms with Crippen molar-refractivity contribution in [3.05, 3.63) is 65.3 Å². The molecule has 0 radical (unpaired) electrons. The first kappa shape index (κ1) is 20.6. The van der Waals surface area contributed by atoms with Gasteiger partial charge in [-0.25, -0.2) is 0 Å². The second kappa shape index (κ2) is 8.20. The molecule has 1 aromatic rings. The number of piperidine rings is 1. The van der Waals surface area contributed by atoms with E-state index in [-0.39, 0.29) is 16.9 Å². The van der Waals surface area contributed by atoms with E-state index in [1.807, 2.05) is 35.2 Å². The summed E-state index contributed by atoms with van der Waals surface area (Å²) in [5.41, 5.74) is 0.572. The van der Waals surface area contributed by atoms with Crippen molar-refractivity contribution in [2.45, 2.75) is 44.9 Å². The van der Waals surface area contributed by atoms with Crippen molar-refractivity contribution < 1.29 is 22.7 Å². The third-order valence-corrected chi connectivity index (χ3v) is 5.73. The molecular formula is C23H25F3N2O2. The number of carbonyl (C=O) groups excluding carboxylic acids is 1. The SMILES string of the molecule is CCN1C=CCC(C2OC(N3CCCCC3)=C(c3cccc(C(F)(F)F)c3)C2=O)=C1. The summed E-state index contributed by atoms with van der Waals surface area (Å²) < 4.78 is 46.0. The van der Waals surface area contributed by atoms with Gasteiger partial charge in [-0.2, -0.15) is 13.2 Å². The van der Waals surface area contributed by atoms with E-state index in [0.717, 1.165) is 56.6 Å². The average molecular weight is 418 g/mol. The van der Waals surface area contributed by atoms with Gasteiger partial charge in [0.25, 0.3) is 0 Å². The lowest BCUT2D eigenvalue weighted by atomic mass is 9.94. The van der Waals surface area contributed by atoms with E-state index in [1.165, 1.54) is 6.07 Å². The van der Waals surface area contributed by atoms with Crippen LogP contribution in [-0.2, 0) is 15.7 Å². The number of halogens is 3. The number of ether oxygens (including phenoxy) is 1. The highest BCUT2D eigenvalue weighted by molar-refractivity contribution is 6.26. The number of Topliss-reactive ketones (excluding diaryl/α,β-unsaturated/α-hetero) is 1. The molecule has 0 saturated carbocycles. The standard InChI is InChI=1S/C23H25F3N2O2/c1-2-27-11-7-9-17(15-27)21-20(29)19(22(30-21)28-12-4-3-5-13-28)16-8-6-10-18(14-16)23(24,25)26/h6-8,10-11,14-15,21H,2-5,9,12-13H2,1H3. The molecule has 1 fully saturated rings. The molecule has 0 aromatic heterocycles. The van der Waals surface area contributed by atoms with Gasteiger partial charge in [0.2, 0.25) is 11.7 Å². The zero-order chi connectivity index (χ0) is 21.3. The second-order valence-corrected chi connectivity index (χ2v) is 7.79. The second-order valence-electron chi connectivity index (χ2n) is 7.79. The number of allylic oxidation sites excluding steroid dienone is 1. The highest BCUT2D eigenvalue weighted by atomic mass is 19.4. The first-order valence-electron chi connectivity index (χ1n) is 10.4. The number of alkyl halides is 3. The van der Waals surface area contributed by atoms with Crippen molar-refractivity contribution in [1.29, 1.82) is 0 Å². The Kier molecular flexibility index (Phi) is 5.62. The van der Waals surface area contributed by atoms with E-state index in [4.69, 9.17) is 4.74 Å². The van der Waals surface area contributed by atoms with Crippen LogP contribution in [0.5, 0.6) is 0 Å². The Bertz CT molecular complexity index is 911. The molecule has 4 rings (SSSR count). The normalized spacial score (nSPS) is 22.5. The molecule has 1 saturated heterocycles. The van der Waals surface area contributed by atoms with Crippen LogP contribution < -0.4 is 0 Å². The fourth-order valence-corrected chi connectivity index (χ4v) is 4.16. The van der Waals surface area contributed by atoms with Crippen molar-refractivity contribution in [2.24, 2.45) is 0 Å². The number of nitrogens with zero attached hydrogens (tertiary/aromatic N) is 2. The van der Waals surface area contributed by atoms with Crippen molar-refractivity contribution in [2.75, 3.05) is 19.6 Å². The topological polar surface area (TPSA) is 32.8 Å². The maximum absolute atomic E-state index is 13.4. The molecule has 0 N–H and O–H groups in total. The van der Waals surface area contributed by atoms with Gasteiger partial charge in [-0.15, -0.1) is 0 Å². The van der Waals surface area contributed by atoms with Crippen LogP contribution >= 0.6 is 0 Å². The molecule has 0 bridgehead atoms. The largest absolute Gasteiger partial charge is 0.462 e. The third-order valence-electron chi connectivity index (χ3n) is 5.73. The smallest absolute Gasteiger partial charge is 0.416 e. The minimum Gasteiger partial charge on any atom is -0.462 e. The molecule has 1 unspecified atom stereocenters. The lowest BCUT2D eigenvalue weighted by Crippen LogP contribution is -2.31. The van der Waals surface area contributed by atoms with E-state index in [2.05, 4.69) is 0 Å². The minimum atomic E-state index is -4.47. The quantitative estimate of drug-likeness (QED) is 0.693. The summed E-state index contributed by atoms with van der Waals surface area (Å²) in [4.78, 5) is 17.4. The predicted molar refractivity (Wildman–Crippen MR) is 108 cm³/mol. The summed E-state index contributed by atoms with van der Waals surface area (Å²) in [7, 11) is 0. The Morgan fingerprint density at radius 1 is 1.17 bits per heavy atom. The molecule has 0 amide bonds. The molecule has 1 atom stereocenters. The van der Waals surface area contributed by atoms with E-state index >= 15 is 0 Å². The number of likely N-dealkylation sites (tertiary alicyclic amines) is 1. The zero-order valence-corrected chi connectivity index (χ0v) is 16.9. The molecule has 7 heteroatoms. The van der Waals surface area contributed by atoms with Gasteiger partial charge in [-0.3, -0.25) is 4.79 Å². The van der Waals surface area contributed by atoms with Crippen LogP contribution in [0.3, 0.4) is 0 Å². The zero-order valence-electron chi connectivity index (χ0n) is 16.9. The highest BCUT2D eigenvalue weighted by Gasteiger charge is 2.41. The Balaban J connectivity index is 1.74. The molecule has 3 heterocycles. The van der Waals surface area contributed by atoms with Crippen molar-refractivity contribution in [1.82, 2.24) is 9.80 Å². The molecule has 3 aliphatic rings. The van der Waals surface area contributed by atoms with Gasteiger partial charge in [0, 0.05) is 25.8 Å². The van der Waals surface area contributed by atoms with Crippen molar-refractivity contribution in [3.63, 3.8) is 0 Å². The van der Waals surface area contributed by atoms with E-state index < -0.39 is 17.8 Å². The summed E-state index contributed by atoms with van der Waals surface area (Å²) in [6.07, 6.45) is 4.18. The summed E-state index contributed by atoms with van der Waals surface area (Å²) in [5, 5.41) is 0. The Hall–Kier alpha value is -2.70. The molecule has 30 heavy (non-hydrogen) atoms. The number of hydrogen-bond donors (Lipinski definition) is 0. The van der Waals surface area contributed by atoms with Crippen molar-refractivity contribution >= 4 is 11.4 Å². The van der Waals surface area contributed by atoms with E-state index in [9.17, 15) is 18.0 Å². The Labute approximate surface area is 174 Å². The first-order valence-corrected chi connectivity index (χ1v) is 10.4. The van der Waals surface area contributed by atoms with Crippen LogP contribution in [0, 0.1) is 0 Å². The van der Waals surface area contributed by atoms with Gasteiger partial charge in [0.15, 0.2) is 6.10 Å². The summed E-state index contributed by atoms with van der Waals surface area (Å²) >= 11 is 0. The maximum atomic E-state index is 13.4. The minimum absolute atomic E-state index is 0.256. The molecule has 3 aliphatic heterocycles. The number of hydrogen-bond acceptors (Lipinski definition) is 4. The number of ketones is 1. The Morgan fingerprint density at radius 3 is 2.63 bits per heavy atom. The fraction of sp³-hybridized carbons (Fsp3) is 0.435. The van der Waals surface area contributed by atoms with Crippen LogP contribution in [0.25, 0.3) is 5.57 Å². The van der Waals surface area contributed by atoms with Crippen LogP contribution in [0.2, 0.25) is 0 Å². The predicted octanol–water partition coefficient (Wildman–Crippen LogP) is 4.95. The van der Waals surface area contributed by atoms with Crippen LogP contribution in [0.4, 0.5) is 13.2 Å². The number of rotatable bonds is 4. The van der Waals surface area contributed by atoms with Crippen LogP contribution in [0.1, 0.15) is 43.7 Å². The third kappa shape index (κ3) is 3.98. The van der Waals surface area contributed by atoms with Gasteiger partial charge in [-0.05, 0) is 62.1 Å². The highest BCUT2D eigenvalue weighted by Crippen LogP contribution is 2.39. The molecule has 4 nitrogen and oxygen atoms in total. The maximum Gasteiger partial charge on any atom is 0.416 e. The van der Waals surface area contributed by atoms with Gasteiger partial charge in [-0.1, -0.05) is 18.2 Å². The van der Waals surface area contributed by atoms with E-state index in [0.29, 0.717) is 12.3 Å². The first-order chi connectivity index (χ1) is 14.4. The van der Waals surface area contributed by atoms with Gasteiger partial charge in [0.1, 0.15) is 0 Å². The monoisotopic (exact) mass is 418 g/mol. The average Bonchev–Trinajstić information content (AvgIpc) is 3.11. The van der Waals surface area contributed by atoms with Crippen LogP contribution in [0.15, 0.2) is 54.2 Å². The lowest BCUT2D eigenvalue weighted by Gasteiger charge is -2.30. The Morgan fingerprint density at radius 2 is 1.93 bits per heavy atom. The van der Waals surface area contributed by atoms with Gasteiger partial charge >= 0.3 is 6.18 Å². The molecule has 160 valence electrons. The summed E-state index contributed by atoms with van der Waals surface area (Å²) in [5.74, 6) is 0.148. The van der Waals surface area contributed by atoms with Crippen molar-refractivity contribution in [3.8, 4) is 0 Å². The molecule has 1 aromatic carbocycles. The number of benzene rings is 1. The fourth-order valence-electron chi connectivity index (χ4n) is 4.16. The van der Waals surface area contributed by atoms with E-state index in [1.54, 1.807) is 6.07 Å². The summed E-state index contributed by atoms with van der Waals surface area (Å²) in [6, 6.07) is 4.99. The lowest BCUT2D eigenvalue weighted by molar-refractivity contribution is -0.137. The molecular weight excluding hydrogens is 393 g/mol.